The Labute approximate surface area is 118 Å². The lowest BCUT2D eigenvalue weighted by molar-refractivity contribution is -0.120. The Morgan fingerprint density at radius 1 is 1.32 bits per heavy atom. The van der Waals surface area contributed by atoms with Crippen LogP contribution in [0.15, 0.2) is 18.2 Å². The van der Waals surface area contributed by atoms with Gasteiger partial charge in [-0.15, -0.1) is 0 Å². The largest absolute Gasteiger partial charge is 0.326 e. The molecular weight excluding hydrogens is 286 g/mol. The molecule has 1 aromatic rings. The molecule has 6 heteroatoms. The first-order valence-corrected chi connectivity index (χ1v) is 8.35. The standard InChI is InChI=1S/C13H16ClNO3S/c1-9-11(14)3-2-4-12(9)15-13(16)10-5-7-19(17,18)8-6-10/h2-4,10H,5-8H2,1H3,(H,15,16). The SMILES string of the molecule is Cc1c(Cl)cccc1NC(=O)C1CCS(=O)(=O)CC1. The van der Waals surface area contributed by atoms with Gasteiger partial charge in [0.05, 0.1) is 11.5 Å². The summed E-state index contributed by atoms with van der Waals surface area (Å²) in [4.78, 5) is 12.1. The minimum Gasteiger partial charge on any atom is -0.326 e. The van der Waals surface area contributed by atoms with E-state index in [-0.39, 0.29) is 23.3 Å². The molecule has 1 saturated heterocycles. The predicted octanol–water partition coefficient (Wildman–Crippen LogP) is 2.41. The number of hydrogen-bond donors (Lipinski definition) is 1. The topological polar surface area (TPSA) is 63.2 Å². The van der Waals surface area contributed by atoms with Gasteiger partial charge >= 0.3 is 0 Å². The molecule has 4 nitrogen and oxygen atoms in total. The van der Waals surface area contributed by atoms with Gasteiger partial charge in [-0.2, -0.15) is 0 Å². The third-order valence-electron chi connectivity index (χ3n) is 3.45. The smallest absolute Gasteiger partial charge is 0.227 e. The summed E-state index contributed by atoms with van der Waals surface area (Å²) in [6.45, 7) is 1.84. The molecule has 104 valence electrons. The molecule has 0 saturated carbocycles. The molecule has 0 aromatic heterocycles. The summed E-state index contributed by atoms with van der Waals surface area (Å²) in [6, 6.07) is 5.33. The number of carbonyl (C=O) groups is 1. The second-order valence-corrected chi connectivity index (χ2v) is 7.54. The van der Waals surface area contributed by atoms with Gasteiger partial charge in [-0.25, -0.2) is 8.42 Å². The van der Waals surface area contributed by atoms with E-state index in [0.29, 0.717) is 23.6 Å². The third kappa shape index (κ3) is 3.48. The molecule has 1 amide bonds. The van der Waals surface area contributed by atoms with Crippen molar-refractivity contribution >= 4 is 33.0 Å². The van der Waals surface area contributed by atoms with Crippen molar-refractivity contribution in [2.45, 2.75) is 19.8 Å². The van der Waals surface area contributed by atoms with Crippen molar-refractivity contribution < 1.29 is 13.2 Å². The average Bonchev–Trinajstić information content (AvgIpc) is 2.35. The predicted molar refractivity (Wildman–Crippen MR) is 76.2 cm³/mol. The molecule has 19 heavy (non-hydrogen) atoms. The molecule has 0 atom stereocenters. The molecule has 1 fully saturated rings. The number of anilines is 1. The van der Waals surface area contributed by atoms with Gasteiger partial charge in [0.1, 0.15) is 9.84 Å². The summed E-state index contributed by atoms with van der Waals surface area (Å²) in [5, 5.41) is 3.43. The summed E-state index contributed by atoms with van der Waals surface area (Å²) >= 11 is 5.99. The summed E-state index contributed by atoms with van der Waals surface area (Å²) in [5.41, 5.74) is 1.51. The third-order valence-corrected chi connectivity index (χ3v) is 5.58. The number of amides is 1. The summed E-state index contributed by atoms with van der Waals surface area (Å²) in [5.74, 6) is -0.165. The van der Waals surface area contributed by atoms with Crippen LogP contribution < -0.4 is 5.32 Å². The van der Waals surface area contributed by atoms with Crippen LogP contribution in [0, 0.1) is 12.8 Å². The Bertz CT molecular complexity index is 584. The summed E-state index contributed by atoms with van der Waals surface area (Å²) < 4.78 is 22.7. The number of hydrogen-bond acceptors (Lipinski definition) is 3. The van der Waals surface area contributed by atoms with E-state index in [9.17, 15) is 13.2 Å². The zero-order valence-corrected chi connectivity index (χ0v) is 12.2. The number of nitrogens with one attached hydrogen (secondary N) is 1. The minimum absolute atomic E-state index is 0.0968. The number of halogens is 1. The van der Waals surface area contributed by atoms with Crippen LogP contribution in [-0.2, 0) is 14.6 Å². The van der Waals surface area contributed by atoms with Crippen LogP contribution in [0.25, 0.3) is 0 Å². The fourth-order valence-corrected chi connectivity index (χ4v) is 3.80. The van der Waals surface area contributed by atoms with Crippen LogP contribution in [0.5, 0.6) is 0 Å². The second kappa shape index (κ2) is 5.51. The van der Waals surface area contributed by atoms with Crippen molar-refractivity contribution in [2.24, 2.45) is 5.92 Å². The highest BCUT2D eigenvalue weighted by molar-refractivity contribution is 7.91. The van der Waals surface area contributed by atoms with Crippen molar-refractivity contribution in [3.8, 4) is 0 Å². The van der Waals surface area contributed by atoms with E-state index in [1.807, 2.05) is 6.92 Å². The molecule has 1 aromatic carbocycles. The molecule has 0 bridgehead atoms. The van der Waals surface area contributed by atoms with Gasteiger partial charge < -0.3 is 5.32 Å². The normalized spacial score (nSPS) is 19.1. The Kier molecular flexibility index (Phi) is 4.16. The van der Waals surface area contributed by atoms with E-state index in [1.54, 1.807) is 18.2 Å². The molecule has 0 radical (unpaired) electrons. The van der Waals surface area contributed by atoms with Gasteiger partial charge in [0, 0.05) is 16.6 Å². The molecule has 2 rings (SSSR count). The first kappa shape index (κ1) is 14.3. The molecular formula is C13H16ClNO3S. The van der Waals surface area contributed by atoms with Crippen molar-refractivity contribution in [2.75, 3.05) is 16.8 Å². The Balaban J connectivity index is 2.04. The highest BCUT2D eigenvalue weighted by atomic mass is 35.5. The van der Waals surface area contributed by atoms with Gasteiger partial charge in [-0.3, -0.25) is 4.79 Å². The highest BCUT2D eigenvalue weighted by Crippen LogP contribution is 2.25. The van der Waals surface area contributed by atoms with Gasteiger partial charge in [0.25, 0.3) is 0 Å². The van der Waals surface area contributed by atoms with Crippen molar-refractivity contribution in [3.05, 3.63) is 28.8 Å². The number of sulfone groups is 1. The lowest BCUT2D eigenvalue weighted by Gasteiger charge is -2.21. The van der Waals surface area contributed by atoms with Crippen molar-refractivity contribution in [1.29, 1.82) is 0 Å². The molecule has 1 N–H and O–H groups in total. The average molecular weight is 302 g/mol. The van der Waals surface area contributed by atoms with E-state index in [1.165, 1.54) is 0 Å². The van der Waals surface area contributed by atoms with E-state index >= 15 is 0 Å². The lowest BCUT2D eigenvalue weighted by atomic mass is 10.0. The Hall–Kier alpha value is -1.07. The van der Waals surface area contributed by atoms with E-state index in [2.05, 4.69) is 5.32 Å². The van der Waals surface area contributed by atoms with Gasteiger partial charge in [-0.05, 0) is 37.5 Å². The molecule has 1 heterocycles. The maximum atomic E-state index is 12.1. The monoisotopic (exact) mass is 301 g/mol. The van der Waals surface area contributed by atoms with Crippen LogP contribution in [0.4, 0.5) is 5.69 Å². The Morgan fingerprint density at radius 3 is 2.58 bits per heavy atom. The molecule has 0 unspecified atom stereocenters. The number of benzene rings is 1. The zero-order valence-electron chi connectivity index (χ0n) is 10.6. The van der Waals surface area contributed by atoms with Gasteiger partial charge in [0.15, 0.2) is 0 Å². The van der Waals surface area contributed by atoms with E-state index in [0.717, 1.165) is 5.56 Å². The fourth-order valence-electron chi connectivity index (χ4n) is 2.13. The van der Waals surface area contributed by atoms with Gasteiger partial charge in [0.2, 0.25) is 5.91 Å². The molecule has 0 spiro atoms. The molecule has 1 aliphatic rings. The van der Waals surface area contributed by atoms with Crippen LogP contribution in [0.2, 0.25) is 5.02 Å². The molecule has 1 aliphatic heterocycles. The highest BCUT2D eigenvalue weighted by Gasteiger charge is 2.28. The van der Waals surface area contributed by atoms with E-state index < -0.39 is 9.84 Å². The second-order valence-electron chi connectivity index (χ2n) is 4.83. The summed E-state index contributed by atoms with van der Waals surface area (Å²) in [6.07, 6.45) is 0.793. The maximum Gasteiger partial charge on any atom is 0.227 e. The van der Waals surface area contributed by atoms with Crippen LogP contribution in [0.1, 0.15) is 18.4 Å². The van der Waals surface area contributed by atoms with Crippen molar-refractivity contribution in [1.82, 2.24) is 0 Å². The maximum absolute atomic E-state index is 12.1. The first-order chi connectivity index (χ1) is 8.89. The molecule has 0 aliphatic carbocycles. The van der Waals surface area contributed by atoms with Crippen molar-refractivity contribution in [3.63, 3.8) is 0 Å². The summed E-state index contributed by atoms with van der Waals surface area (Å²) in [7, 11) is -2.94. The quantitative estimate of drug-likeness (QED) is 0.912. The zero-order chi connectivity index (χ0) is 14.0. The number of carbonyl (C=O) groups excluding carboxylic acids is 1. The van der Waals surface area contributed by atoms with E-state index in [4.69, 9.17) is 11.6 Å². The minimum atomic E-state index is -2.94. The van der Waals surface area contributed by atoms with Crippen LogP contribution in [-0.4, -0.2) is 25.8 Å². The van der Waals surface area contributed by atoms with Crippen LogP contribution in [0.3, 0.4) is 0 Å². The fraction of sp³-hybridized carbons (Fsp3) is 0.462. The van der Waals surface area contributed by atoms with Crippen LogP contribution >= 0.6 is 11.6 Å². The van der Waals surface area contributed by atoms with Gasteiger partial charge in [-0.1, -0.05) is 17.7 Å². The Morgan fingerprint density at radius 2 is 1.95 bits per heavy atom. The lowest BCUT2D eigenvalue weighted by Crippen LogP contribution is -2.32. The first-order valence-electron chi connectivity index (χ1n) is 6.15. The number of rotatable bonds is 2.